The van der Waals surface area contributed by atoms with Crippen molar-refractivity contribution in [3.63, 3.8) is 0 Å². The Morgan fingerprint density at radius 3 is 2.24 bits per heavy atom. The number of hydrogen-bond donors (Lipinski definition) is 1. The van der Waals surface area contributed by atoms with Crippen LogP contribution in [0.1, 0.15) is 38.1 Å². The van der Waals surface area contributed by atoms with Gasteiger partial charge < -0.3 is 10.1 Å². The maximum Gasteiger partial charge on any atom is 0.411 e. The first-order valence-corrected chi connectivity index (χ1v) is 11.3. The third-order valence-electron chi connectivity index (χ3n) is 4.28. The number of ether oxygens (including phenoxy) is 1. The van der Waals surface area contributed by atoms with Crippen LogP contribution in [-0.4, -0.2) is 30.2 Å². The maximum absolute atomic E-state index is 12.4. The maximum atomic E-state index is 12.4. The number of halogens is 3. The molecule has 0 spiro atoms. The summed E-state index contributed by atoms with van der Waals surface area (Å²) in [5, 5.41) is 2.87. The molecule has 0 bridgehead atoms. The zero-order chi connectivity index (χ0) is 20.7. The van der Waals surface area contributed by atoms with Gasteiger partial charge in [0.2, 0.25) is 0 Å². The third-order valence-corrected chi connectivity index (χ3v) is 7.30. The van der Waals surface area contributed by atoms with Crippen LogP contribution in [0.2, 0.25) is 0 Å². The lowest BCUT2D eigenvalue weighted by molar-refractivity contribution is -0.176. The molecule has 1 amide bonds. The van der Waals surface area contributed by atoms with Crippen LogP contribution in [0.3, 0.4) is 0 Å². The number of alkyl halides is 3. The number of thioether (sulfide) groups is 2. The molecule has 1 N–H and O–H groups in total. The number of amides is 1. The summed E-state index contributed by atoms with van der Waals surface area (Å²) in [6, 6.07) is 14.7. The van der Waals surface area contributed by atoms with Gasteiger partial charge in [-0.25, -0.2) is 0 Å². The van der Waals surface area contributed by atoms with Crippen LogP contribution in [0.4, 0.5) is 13.2 Å². The molecule has 1 aliphatic rings. The Kier molecular flexibility index (Phi) is 7.91. The third kappa shape index (κ3) is 7.28. The van der Waals surface area contributed by atoms with Crippen LogP contribution in [0.5, 0.6) is 0 Å². The fourth-order valence-electron chi connectivity index (χ4n) is 2.79. The van der Waals surface area contributed by atoms with Crippen LogP contribution in [0.25, 0.3) is 0 Å². The van der Waals surface area contributed by atoms with Crippen molar-refractivity contribution in [2.75, 3.05) is 18.1 Å². The molecular formula is C21H22F3NO2S2. The van der Waals surface area contributed by atoms with Crippen LogP contribution < -0.4 is 5.32 Å². The topological polar surface area (TPSA) is 38.3 Å². The largest absolute Gasteiger partial charge is 0.411 e. The van der Waals surface area contributed by atoms with Gasteiger partial charge in [-0.2, -0.15) is 13.2 Å². The van der Waals surface area contributed by atoms with Gasteiger partial charge in [0.25, 0.3) is 5.91 Å². The van der Waals surface area contributed by atoms with E-state index in [1.54, 1.807) is 24.3 Å². The molecule has 8 heteroatoms. The van der Waals surface area contributed by atoms with Crippen molar-refractivity contribution < 1.29 is 22.7 Å². The van der Waals surface area contributed by atoms with Crippen molar-refractivity contribution in [2.45, 2.75) is 30.3 Å². The summed E-state index contributed by atoms with van der Waals surface area (Å²) in [5.74, 6) is 2.19. The SMILES string of the molecule is O=C(NCc1ccc(COCC(F)(F)F)cc1)c1ccc(C2SCCCS2)cc1. The first kappa shape index (κ1) is 22.1. The zero-order valence-electron chi connectivity index (χ0n) is 15.7. The Morgan fingerprint density at radius 2 is 1.62 bits per heavy atom. The summed E-state index contributed by atoms with van der Waals surface area (Å²) in [7, 11) is 0. The minimum absolute atomic E-state index is 0.101. The molecule has 0 atom stereocenters. The van der Waals surface area contributed by atoms with Crippen LogP contribution >= 0.6 is 23.5 Å². The summed E-state index contributed by atoms with van der Waals surface area (Å²) in [5.41, 5.74) is 3.36. The minimum Gasteiger partial charge on any atom is -0.367 e. The summed E-state index contributed by atoms with van der Waals surface area (Å²) < 4.78 is 41.3. The van der Waals surface area contributed by atoms with E-state index in [1.807, 2.05) is 47.8 Å². The molecule has 0 radical (unpaired) electrons. The summed E-state index contributed by atoms with van der Waals surface area (Å²) in [6.45, 7) is -1.02. The molecule has 3 nitrogen and oxygen atoms in total. The van der Waals surface area contributed by atoms with E-state index in [0.717, 1.165) is 5.56 Å². The molecule has 0 aromatic heterocycles. The van der Waals surface area contributed by atoms with Crippen molar-refractivity contribution >= 4 is 29.4 Å². The predicted octanol–water partition coefficient (Wildman–Crippen LogP) is 5.56. The van der Waals surface area contributed by atoms with Crippen molar-refractivity contribution in [1.82, 2.24) is 5.32 Å². The van der Waals surface area contributed by atoms with E-state index < -0.39 is 12.8 Å². The van der Waals surface area contributed by atoms with Gasteiger partial charge >= 0.3 is 6.18 Å². The summed E-state index contributed by atoms with van der Waals surface area (Å²) in [4.78, 5) is 12.4. The highest BCUT2D eigenvalue weighted by molar-refractivity contribution is 8.16. The molecule has 1 heterocycles. The Hall–Kier alpha value is -1.64. The van der Waals surface area contributed by atoms with Crippen molar-refractivity contribution in [3.8, 4) is 0 Å². The van der Waals surface area contributed by atoms with E-state index in [0.29, 0.717) is 22.3 Å². The van der Waals surface area contributed by atoms with Gasteiger partial charge in [-0.1, -0.05) is 36.4 Å². The molecule has 0 saturated carbocycles. The zero-order valence-corrected chi connectivity index (χ0v) is 17.3. The number of hydrogen-bond acceptors (Lipinski definition) is 4. The van der Waals surface area contributed by atoms with Gasteiger partial charge in [-0.15, -0.1) is 23.5 Å². The monoisotopic (exact) mass is 441 g/mol. The molecule has 1 saturated heterocycles. The fourth-order valence-corrected chi connectivity index (χ4v) is 5.69. The van der Waals surface area contributed by atoms with Crippen LogP contribution in [0.15, 0.2) is 48.5 Å². The first-order valence-electron chi connectivity index (χ1n) is 9.24. The minimum atomic E-state index is -4.32. The normalized spacial score (nSPS) is 15.3. The molecule has 156 valence electrons. The molecule has 0 unspecified atom stereocenters. The van der Waals surface area contributed by atoms with Gasteiger partial charge in [0.1, 0.15) is 6.61 Å². The summed E-state index contributed by atoms with van der Waals surface area (Å²) in [6.07, 6.45) is -3.08. The second kappa shape index (κ2) is 10.4. The van der Waals surface area contributed by atoms with E-state index in [9.17, 15) is 18.0 Å². The molecule has 1 fully saturated rings. The molecule has 2 aromatic carbocycles. The second-order valence-electron chi connectivity index (χ2n) is 6.66. The highest BCUT2D eigenvalue weighted by Crippen LogP contribution is 2.43. The average Bonchev–Trinajstić information content (AvgIpc) is 2.73. The van der Waals surface area contributed by atoms with Gasteiger partial charge in [0, 0.05) is 12.1 Å². The molecule has 2 aromatic rings. The lowest BCUT2D eigenvalue weighted by Gasteiger charge is -2.21. The van der Waals surface area contributed by atoms with E-state index >= 15 is 0 Å². The number of nitrogens with one attached hydrogen (secondary N) is 1. The number of rotatable bonds is 7. The lowest BCUT2D eigenvalue weighted by Crippen LogP contribution is -2.22. The van der Waals surface area contributed by atoms with Gasteiger partial charge in [-0.3, -0.25) is 4.79 Å². The Balaban J connectivity index is 1.46. The van der Waals surface area contributed by atoms with Crippen molar-refractivity contribution in [1.29, 1.82) is 0 Å². The van der Waals surface area contributed by atoms with Crippen molar-refractivity contribution in [2.24, 2.45) is 0 Å². The quantitative estimate of drug-likeness (QED) is 0.610. The molecule has 1 aliphatic heterocycles. The standard InChI is InChI=1S/C21H22F3NO2S2/c22-21(23,24)14-27-13-16-4-2-15(3-5-16)12-25-19(26)17-6-8-18(9-7-17)20-28-10-1-11-29-20/h2-9,20H,1,10-14H2,(H,25,26). The predicted molar refractivity (Wildman–Crippen MR) is 112 cm³/mol. The number of carbonyl (C=O) groups excluding carboxylic acids is 1. The van der Waals surface area contributed by atoms with Crippen molar-refractivity contribution in [3.05, 3.63) is 70.8 Å². The van der Waals surface area contributed by atoms with E-state index in [2.05, 4.69) is 10.1 Å². The summed E-state index contributed by atoms with van der Waals surface area (Å²) >= 11 is 3.89. The number of benzene rings is 2. The second-order valence-corrected chi connectivity index (χ2v) is 9.38. The van der Waals surface area contributed by atoms with Gasteiger partial charge in [-0.05, 0) is 46.7 Å². The highest BCUT2D eigenvalue weighted by atomic mass is 32.2. The molecule has 29 heavy (non-hydrogen) atoms. The fraction of sp³-hybridized carbons (Fsp3) is 0.381. The Labute approximate surface area is 176 Å². The molecule has 3 rings (SSSR count). The number of carbonyl (C=O) groups is 1. The smallest absolute Gasteiger partial charge is 0.367 e. The highest BCUT2D eigenvalue weighted by Gasteiger charge is 2.27. The average molecular weight is 442 g/mol. The van der Waals surface area contributed by atoms with E-state index in [-0.39, 0.29) is 12.5 Å². The van der Waals surface area contributed by atoms with E-state index in [1.165, 1.54) is 23.5 Å². The van der Waals surface area contributed by atoms with Gasteiger partial charge in [0.15, 0.2) is 0 Å². The van der Waals surface area contributed by atoms with Gasteiger partial charge in [0.05, 0.1) is 11.2 Å². The van der Waals surface area contributed by atoms with Crippen LogP contribution in [0, 0.1) is 0 Å². The first-order chi connectivity index (χ1) is 13.9. The molecule has 0 aliphatic carbocycles. The van der Waals surface area contributed by atoms with E-state index in [4.69, 9.17) is 0 Å². The Morgan fingerprint density at radius 1 is 1.00 bits per heavy atom. The lowest BCUT2D eigenvalue weighted by atomic mass is 10.1. The Bertz CT molecular complexity index is 789. The van der Waals surface area contributed by atoms with Crippen LogP contribution in [-0.2, 0) is 17.9 Å². The molecular weight excluding hydrogens is 419 g/mol.